The van der Waals surface area contributed by atoms with Gasteiger partial charge in [-0.25, -0.2) is 0 Å². The topological polar surface area (TPSA) is 74.7 Å². The molecule has 0 saturated carbocycles. The molecule has 1 heterocycles. The second-order valence-electron chi connectivity index (χ2n) is 6.06. The van der Waals surface area contributed by atoms with E-state index in [0.29, 0.717) is 29.8 Å². The molecule has 0 aliphatic rings. The normalized spacial score (nSPS) is 13.2. The molecule has 1 N–H and O–H groups in total. The zero-order valence-corrected chi connectivity index (χ0v) is 14.3. The van der Waals surface area contributed by atoms with Crippen molar-refractivity contribution in [3.63, 3.8) is 0 Å². The lowest BCUT2D eigenvalue weighted by molar-refractivity contribution is 0.423. The summed E-state index contributed by atoms with van der Waals surface area (Å²) in [5.41, 5.74) is 2.71. The van der Waals surface area contributed by atoms with Gasteiger partial charge in [0.1, 0.15) is 0 Å². The molecule has 0 aliphatic heterocycles. The summed E-state index contributed by atoms with van der Waals surface area (Å²) in [6.07, 6.45) is 0. The minimum absolute atomic E-state index is 0.271. The summed E-state index contributed by atoms with van der Waals surface area (Å²) >= 11 is 0. The number of hydrogen-bond acceptors (Lipinski definition) is 5. The van der Waals surface area contributed by atoms with Crippen molar-refractivity contribution in [1.29, 1.82) is 5.26 Å². The van der Waals surface area contributed by atoms with E-state index in [1.807, 2.05) is 18.2 Å². The van der Waals surface area contributed by atoms with Gasteiger partial charge >= 0.3 is 0 Å². The fourth-order valence-electron chi connectivity index (χ4n) is 2.60. The Morgan fingerprint density at radius 2 is 1.76 bits per heavy atom. The predicted octanol–water partition coefficient (Wildman–Crippen LogP) is 3.89. The molecule has 25 heavy (non-hydrogen) atoms. The molecular weight excluding hydrogens is 312 g/mol. The Hall–Kier alpha value is -2.97. The second kappa shape index (κ2) is 7.73. The lowest BCUT2D eigenvalue weighted by Gasteiger charge is -2.21. The molecule has 5 nitrogen and oxygen atoms in total. The molecule has 3 rings (SSSR count). The minimum Gasteiger partial charge on any atom is -0.419 e. The average molecular weight is 332 g/mol. The van der Waals surface area contributed by atoms with Crippen LogP contribution in [0.3, 0.4) is 0 Å². The molecule has 1 aromatic heterocycles. The average Bonchev–Trinajstić information content (AvgIpc) is 3.15. The molecule has 5 heteroatoms. The first kappa shape index (κ1) is 16.9. The van der Waals surface area contributed by atoms with Gasteiger partial charge in [-0.2, -0.15) is 5.26 Å². The van der Waals surface area contributed by atoms with Crippen LogP contribution in [0.4, 0.5) is 0 Å². The lowest BCUT2D eigenvalue weighted by Crippen LogP contribution is -2.30. The van der Waals surface area contributed by atoms with Crippen LogP contribution < -0.4 is 5.32 Å². The fourth-order valence-corrected chi connectivity index (χ4v) is 2.60. The van der Waals surface area contributed by atoms with Crippen LogP contribution in [0.5, 0.6) is 0 Å². The highest BCUT2D eigenvalue weighted by Crippen LogP contribution is 2.20. The second-order valence-corrected chi connectivity index (χ2v) is 6.06. The van der Waals surface area contributed by atoms with Crippen LogP contribution in [0.25, 0.3) is 11.5 Å². The molecule has 0 saturated heterocycles. The summed E-state index contributed by atoms with van der Waals surface area (Å²) in [4.78, 5) is 0. The Balaban J connectivity index is 1.60. The highest BCUT2D eigenvalue weighted by Gasteiger charge is 2.15. The van der Waals surface area contributed by atoms with Gasteiger partial charge in [0, 0.05) is 11.6 Å². The van der Waals surface area contributed by atoms with Crippen LogP contribution in [0.1, 0.15) is 36.8 Å². The van der Waals surface area contributed by atoms with Crippen LogP contribution in [0.15, 0.2) is 59.0 Å². The van der Waals surface area contributed by atoms with Gasteiger partial charge in [0.2, 0.25) is 11.8 Å². The maximum Gasteiger partial charge on any atom is 0.247 e. The Bertz CT molecular complexity index is 849. The van der Waals surface area contributed by atoms with E-state index in [-0.39, 0.29) is 6.04 Å². The van der Waals surface area contributed by atoms with Crippen molar-refractivity contribution in [1.82, 2.24) is 15.5 Å². The van der Waals surface area contributed by atoms with Crippen LogP contribution >= 0.6 is 0 Å². The molecule has 0 fully saturated rings. The fraction of sp³-hybridized carbons (Fsp3) is 0.250. The van der Waals surface area contributed by atoms with Gasteiger partial charge in [-0.05, 0) is 42.7 Å². The van der Waals surface area contributed by atoms with E-state index in [2.05, 4.69) is 59.7 Å². The zero-order chi connectivity index (χ0) is 17.6. The number of nitriles is 1. The Morgan fingerprint density at radius 1 is 1.04 bits per heavy atom. The van der Waals surface area contributed by atoms with Gasteiger partial charge in [-0.1, -0.05) is 37.3 Å². The molecule has 0 aliphatic carbocycles. The van der Waals surface area contributed by atoms with Crippen molar-refractivity contribution in [2.24, 2.45) is 0 Å². The summed E-state index contributed by atoms with van der Waals surface area (Å²) in [7, 11) is 0. The van der Waals surface area contributed by atoms with E-state index in [1.54, 1.807) is 12.1 Å². The SMILES string of the molecule is CC(NCc1nnc(-c2ccc(C#N)cc2)o1)C(C)c1ccccc1. The smallest absolute Gasteiger partial charge is 0.247 e. The van der Waals surface area contributed by atoms with Crippen LogP contribution in [0, 0.1) is 11.3 Å². The Kier molecular flexibility index (Phi) is 5.22. The summed E-state index contributed by atoms with van der Waals surface area (Å²) in [5.74, 6) is 1.39. The molecule has 2 atom stereocenters. The van der Waals surface area contributed by atoms with Gasteiger partial charge in [-0.3, -0.25) is 0 Å². The van der Waals surface area contributed by atoms with E-state index in [0.717, 1.165) is 5.56 Å². The first-order valence-corrected chi connectivity index (χ1v) is 8.28. The summed E-state index contributed by atoms with van der Waals surface area (Å²) in [6.45, 7) is 4.86. The molecule has 126 valence electrons. The summed E-state index contributed by atoms with van der Waals surface area (Å²) in [5, 5.41) is 20.5. The molecule has 0 bridgehead atoms. The predicted molar refractivity (Wildman–Crippen MR) is 95.6 cm³/mol. The first-order valence-electron chi connectivity index (χ1n) is 8.28. The summed E-state index contributed by atoms with van der Waals surface area (Å²) in [6, 6.07) is 19.9. The summed E-state index contributed by atoms with van der Waals surface area (Å²) < 4.78 is 5.71. The molecule has 3 aromatic rings. The minimum atomic E-state index is 0.271. The highest BCUT2D eigenvalue weighted by atomic mass is 16.4. The molecular formula is C20H20N4O. The largest absolute Gasteiger partial charge is 0.419 e. The van der Waals surface area contributed by atoms with E-state index in [1.165, 1.54) is 5.56 Å². The number of nitrogens with one attached hydrogen (secondary N) is 1. The number of hydrogen-bond donors (Lipinski definition) is 1. The third-order valence-electron chi connectivity index (χ3n) is 4.38. The van der Waals surface area contributed by atoms with Gasteiger partial charge in [0.05, 0.1) is 18.2 Å². The standard InChI is InChI=1S/C20H20N4O/c1-14(17-6-4-3-5-7-17)15(2)22-13-19-23-24-20(25-19)18-10-8-16(12-21)9-11-18/h3-11,14-15,22H,13H2,1-2H3. The van der Waals surface area contributed by atoms with Crippen molar-refractivity contribution in [3.05, 3.63) is 71.6 Å². The van der Waals surface area contributed by atoms with Crippen LogP contribution in [-0.2, 0) is 6.54 Å². The van der Waals surface area contributed by atoms with Crippen molar-refractivity contribution in [2.45, 2.75) is 32.4 Å². The highest BCUT2D eigenvalue weighted by molar-refractivity contribution is 5.54. The van der Waals surface area contributed by atoms with Crippen molar-refractivity contribution in [3.8, 4) is 17.5 Å². The van der Waals surface area contributed by atoms with Crippen molar-refractivity contribution in [2.75, 3.05) is 0 Å². The van der Waals surface area contributed by atoms with Crippen molar-refractivity contribution >= 4 is 0 Å². The zero-order valence-electron chi connectivity index (χ0n) is 14.3. The number of aromatic nitrogens is 2. The number of nitrogens with zero attached hydrogens (tertiary/aromatic N) is 3. The van der Waals surface area contributed by atoms with Crippen molar-refractivity contribution < 1.29 is 4.42 Å². The van der Waals surface area contributed by atoms with E-state index < -0.39 is 0 Å². The lowest BCUT2D eigenvalue weighted by atomic mass is 9.94. The maximum absolute atomic E-state index is 8.84. The molecule has 2 unspecified atom stereocenters. The number of benzene rings is 2. The third kappa shape index (κ3) is 4.11. The van der Waals surface area contributed by atoms with Crippen LogP contribution in [-0.4, -0.2) is 16.2 Å². The maximum atomic E-state index is 8.84. The van der Waals surface area contributed by atoms with E-state index in [9.17, 15) is 0 Å². The molecule has 2 aromatic carbocycles. The van der Waals surface area contributed by atoms with E-state index >= 15 is 0 Å². The van der Waals surface area contributed by atoms with Gasteiger partial charge in [0.15, 0.2) is 0 Å². The monoisotopic (exact) mass is 332 g/mol. The van der Waals surface area contributed by atoms with Gasteiger partial charge in [-0.15, -0.1) is 10.2 Å². The van der Waals surface area contributed by atoms with Crippen LogP contribution in [0.2, 0.25) is 0 Å². The van der Waals surface area contributed by atoms with Gasteiger partial charge < -0.3 is 9.73 Å². The molecule has 0 spiro atoms. The quantitative estimate of drug-likeness (QED) is 0.741. The third-order valence-corrected chi connectivity index (χ3v) is 4.38. The Labute approximate surface area is 147 Å². The number of rotatable bonds is 6. The Morgan fingerprint density at radius 3 is 2.44 bits per heavy atom. The first-order chi connectivity index (χ1) is 12.2. The molecule has 0 radical (unpaired) electrons. The molecule has 0 amide bonds. The van der Waals surface area contributed by atoms with Gasteiger partial charge in [0.25, 0.3) is 0 Å². The van der Waals surface area contributed by atoms with E-state index in [4.69, 9.17) is 9.68 Å².